The summed E-state index contributed by atoms with van der Waals surface area (Å²) in [7, 11) is -3.61. The fourth-order valence-electron chi connectivity index (χ4n) is 2.44. The van der Waals surface area contributed by atoms with Crippen LogP contribution in [-0.2, 0) is 10.0 Å². The maximum atomic E-state index is 12.5. The number of sulfonamides is 1. The summed E-state index contributed by atoms with van der Waals surface area (Å²) >= 11 is 9.12. The SMILES string of the molecule is CC1CCC(NS(=O)(=O)c2cc(Cl)cc(N)c2Br)CC1. The maximum absolute atomic E-state index is 12.5. The van der Waals surface area contributed by atoms with Gasteiger partial charge >= 0.3 is 0 Å². The van der Waals surface area contributed by atoms with Gasteiger partial charge in [-0.05, 0) is 59.7 Å². The molecule has 112 valence electrons. The van der Waals surface area contributed by atoms with Gasteiger partial charge in [-0.15, -0.1) is 0 Å². The highest BCUT2D eigenvalue weighted by molar-refractivity contribution is 9.10. The molecule has 1 saturated carbocycles. The van der Waals surface area contributed by atoms with Gasteiger partial charge in [0.15, 0.2) is 0 Å². The molecule has 1 aromatic carbocycles. The molecule has 3 N–H and O–H groups in total. The Labute approximate surface area is 133 Å². The van der Waals surface area contributed by atoms with Crippen LogP contribution in [0.2, 0.25) is 5.02 Å². The van der Waals surface area contributed by atoms with Gasteiger partial charge in [0.2, 0.25) is 10.0 Å². The van der Waals surface area contributed by atoms with Crippen molar-refractivity contribution in [3.8, 4) is 0 Å². The number of hydrogen-bond donors (Lipinski definition) is 2. The fourth-order valence-corrected chi connectivity index (χ4v) is 5.04. The molecule has 0 atom stereocenters. The van der Waals surface area contributed by atoms with Gasteiger partial charge in [-0.25, -0.2) is 13.1 Å². The Morgan fingerprint density at radius 1 is 1.30 bits per heavy atom. The number of nitrogens with one attached hydrogen (secondary N) is 1. The molecule has 0 heterocycles. The second-order valence-electron chi connectivity index (χ2n) is 5.39. The van der Waals surface area contributed by atoms with E-state index >= 15 is 0 Å². The molecule has 1 aromatic rings. The van der Waals surface area contributed by atoms with Gasteiger partial charge < -0.3 is 5.73 Å². The third-order valence-corrected chi connectivity index (χ3v) is 6.57. The molecular formula is C13H18BrClN2O2S. The van der Waals surface area contributed by atoms with Crippen LogP contribution in [0.4, 0.5) is 5.69 Å². The highest BCUT2D eigenvalue weighted by atomic mass is 79.9. The lowest BCUT2D eigenvalue weighted by Crippen LogP contribution is -2.37. The zero-order valence-corrected chi connectivity index (χ0v) is 14.4. The summed E-state index contributed by atoms with van der Waals surface area (Å²) < 4.78 is 28.0. The minimum Gasteiger partial charge on any atom is -0.398 e. The van der Waals surface area contributed by atoms with Crippen molar-refractivity contribution in [1.82, 2.24) is 4.72 Å². The van der Waals surface area contributed by atoms with Gasteiger partial charge in [0.1, 0.15) is 0 Å². The lowest BCUT2D eigenvalue weighted by Gasteiger charge is -2.27. The van der Waals surface area contributed by atoms with Crippen LogP contribution >= 0.6 is 27.5 Å². The van der Waals surface area contributed by atoms with Crippen molar-refractivity contribution in [3.63, 3.8) is 0 Å². The predicted molar refractivity (Wildman–Crippen MR) is 85.3 cm³/mol. The van der Waals surface area contributed by atoms with Crippen molar-refractivity contribution >= 4 is 43.2 Å². The van der Waals surface area contributed by atoms with Gasteiger partial charge in [-0.3, -0.25) is 0 Å². The molecule has 1 aliphatic carbocycles. The van der Waals surface area contributed by atoms with E-state index in [1.165, 1.54) is 12.1 Å². The Balaban J connectivity index is 2.23. The highest BCUT2D eigenvalue weighted by Gasteiger charge is 2.26. The number of benzene rings is 1. The lowest BCUT2D eigenvalue weighted by atomic mass is 9.88. The van der Waals surface area contributed by atoms with Crippen molar-refractivity contribution in [3.05, 3.63) is 21.6 Å². The molecule has 1 fully saturated rings. The molecule has 0 spiro atoms. The van der Waals surface area contributed by atoms with Crippen LogP contribution in [0.3, 0.4) is 0 Å². The van der Waals surface area contributed by atoms with Crippen molar-refractivity contribution in [2.45, 2.75) is 43.5 Å². The van der Waals surface area contributed by atoms with Crippen LogP contribution in [0.5, 0.6) is 0 Å². The van der Waals surface area contributed by atoms with Crippen LogP contribution in [0, 0.1) is 5.92 Å². The topological polar surface area (TPSA) is 72.2 Å². The zero-order chi connectivity index (χ0) is 14.9. The third-order valence-electron chi connectivity index (χ3n) is 3.66. The van der Waals surface area contributed by atoms with E-state index < -0.39 is 10.0 Å². The molecule has 0 bridgehead atoms. The van der Waals surface area contributed by atoms with E-state index in [2.05, 4.69) is 27.6 Å². The molecule has 0 unspecified atom stereocenters. The largest absolute Gasteiger partial charge is 0.398 e. The van der Waals surface area contributed by atoms with Crippen LogP contribution in [0.15, 0.2) is 21.5 Å². The second kappa shape index (κ2) is 6.22. The minimum atomic E-state index is -3.61. The summed E-state index contributed by atoms with van der Waals surface area (Å²) in [5.41, 5.74) is 6.06. The Kier molecular flexibility index (Phi) is 5.00. The first-order valence-electron chi connectivity index (χ1n) is 6.56. The second-order valence-corrected chi connectivity index (χ2v) is 8.30. The van der Waals surface area contributed by atoms with Gasteiger partial charge in [-0.1, -0.05) is 18.5 Å². The average molecular weight is 382 g/mol. The van der Waals surface area contributed by atoms with E-state index in [0.29, 0.717) is 21.1 Å². The monoisotopic (exact) mass is 380 g/mol. The molecule has 20 heavy (non-hydrogen) atoms. The Bertz CT molecular complexity index is 599. The van der Waals surface area contributed by atoms with Crippen LogP contribution in [-0.4, -0.2) is 14.5 Å². The highest BCUT2D eigenvalue weighted by Crippen LogP contribution is 2.32. The van der Waals surface area contributed by atoms with E-state index in [9.17, 15) is 8.42 Å². The average Bonchev–Trinajstić information content (AvgIpc) is 2.36. The standard InChI is InChI=1S/C13H18BrClN2O2S/c1-8-2-4-10(5-3-8)17-20(18,19)12-7-9(15)6-11(16)13(12)14/h6-8,10,17H,2-5,16H2,1H3. The number of halogens is 2. The van der Waals surface area contributed by atoms with Gasteiger partial charge in [0.05, 0.1) is 9.37 Å². The first-order chi connectivity index (χ1) is 9.29. The maximum Gasteiger partial charge on any atom is 0.242 e. The number of hydrogen-bond acceptors (Lipinski definition) is 3. The zero-order valence-electron chi connectivity index (χ0n) is 11.2. The number of anilines is 1. The first-order valence-corrected chi connectivity index (χ1v) is 9.22. The molecular weight excluding hydrogens is 364 g/mol. The molecule has 1 aliphatic rings. The van der Waals surface area contributed by atoms with E-state index in [1.54, 1.807) is 0 Å². The molecule has 4 nitrogen and oxygen atoms in total. The number of nitrogens with two attached hydrogens (primary N) is 1. The summed E-state index contributed by atoms with van der Waals surface area (Å²) in [6.45, 7) is 2.19. The molecule has 0 radical (unpaired) electrons. The van der Waals surface area contributed by atoms with E-state index in [1.807, 2.05) is 0 Å². The van der Waals surface area contributed by atoms with Gasteiger partial charge in [0, 0.05) is 16.8 Å². The van der Waals surface area contributed by atoms with Crippen molar-refractivity contribution in [2.75, 3.05) is 5.73 Å². The molecule has 0 aliphatic heterocycles. The molecule has 0 aromatic heterocycles. The van der Waals surface area contributed by atoms with Gasteiger partial charge in [0.25, 0.3) is 0 Å². The number of rotatable bonds is 3. The minimum absolute atomic E-state index is 0.0108. The third kappa shape index (κ3) is 3.67. The molecule has 2 rings (SSSR count). The first kappa shape index (κ1) is 16.1. The summed E-state index contributed by atoms with van der Waals surface area (Å²) in [6, 6.07) is 2.92. The summed E-state index contributed by atoms with van der Waals surface area (Å²) in [4.78, 5) is 0.0983. The smallest absolute Gasteiger partial charge is 0.242 e. The quantitative estimate of drug-likeness (QED) is 0.787. The molecule has 0 saturated heterocycles. The van der Waals surface area contributed by atoms with Crippen molar-refractivity contribution < 1.29 is 8.42 Å². The molecule has 7 heteroatoms. The van der Waals surface area contributed by atoms with Crippen LogP contribution < -0.4 is 10.5 Å². The summed E-state index contributed by atoms with van der Waals surface area (Å²) in [5, 5.41) is 0.309. The van der Waals surface area contributed by atoms with E-state index in [4.69, 9.17) is 17.3 Å². The lowest BCUT2D eigenvalue weighted by molar-refractivity contribution is 0.332. The normalized spacial score (nSPS) is 23.8. The molecule has 0 amide bonds. The summed E-state index contributed by atoms with van der Waals surface area (Å²) in [6.07, 6.45) is 3.83. The van der Waals surface area contributed by atoms with E-state index in [0.717, 1.165) is 25.7 Å². The van der Waals surface area contributed by atoms with Crippen LogP contribution in [0.25, 0.3) is 0 Å². The Morgan fingerprint density at radius 3 is 2.50 bits per heavy atom. The number of nitrogen functional groups attached to an aromatic ring is 1. The Hall–Kier alpha value is -0.300. The Morgan fingerprint density at radius 2 is 1.90 bits per heavy atom. The summed E-state index contributed by atoms with van der Waals surface area (Å²) in [5.74, 6) is 0.671. The van der Waals surface area contributed by atoms with Crippen molar-refractivity contribution in [1.29, 1.82) is 0 Å². The van der Waals surface area contributed by atoms with Crippen molar-refractivity contribution in [2.24, 2.45) is 5.92 Å². The fraction of sp³-hybridized carbons (Fsp3) is 0.538. The predicted octanol–water partition coefficient (Wildman–Crippen LogP) is 3.54. The van der Waals surface area contributed by atoms with Crippen LogP contribution in [0.1, 0.15) is 32.6 Å². The van der Waals surface area contributed by atoms with Gasteiger partial charge in [-0.2, -0.15) is 0 Å². The van der Waals surface area contributed by atoms with E-state index in [-0.39, 0.29) is 10.9 Å².